The number of carbonyl (C=O) groups excluding carboxylic acids is 1. The smallest absolute Gasteiger partial charge is 0.237 e. The summed E-state index contributed by atoms with van der Waals surface area (Å²) in [6, 6.07) is 4.62. The van der Waals surface area contributed by atoms with Crippen molar-refractivity contribution in [2.45, 2.75) is 23.4 Å². The van der Waals surface area contributed by atoms with Crippen molar-refractivity contribution in [2.24, 2.45) is 0 Å². The van der Waals surface area contributed by atoms with Gasteiger partial charge in [-0.25, -0.2) is 4.39 Å². The summed E-state index contributed by atoms with van der Waals surface area (Å²) < 4.78 is 19.2. The van der Waals surface area contributed by atoms with Gasteiger partial charge < -0.3 is 15.4 Å². The standard InChI is InChI=1S/C15H19FN4O2S2/c1-9-4-5-11(8-12(9)16)18-13(21)10(2)23-15-20-19-14(24-15)17-6-7-22-3/h4-5,8,10H,6-7H2,1-3H3,(H,17,19)(H,18,21)/t10-/m0/s1. The molecule has 1 aromatic carbocycles. The Morgan fingerprint density at radius 1 is 1.46 bits per heavy atom. The van der Waals surface area contributed by atoms with E-state index >= 15 is 0 Å². The highest BCUT2D eigenvalue weighted by atomic mass is 32.2. The van der Waals surface area contributed by atoms with Gasteiger partial charge >= 0.3 is 0 Å². The van der Waals surface area contributed by atoms with Gasteiger partial charge in [0.1, 0.15) is 5.82 Å². The van der Waals surface area contributed by atoms with Crippen LogP contribution >= 0.6 is 23.1 Å². The number of methoxy groups -OCH3 is 1. The van der Waals surface area contributed by atoms with Crippen LogP contribution in [-0.2, 0) is 9.53 Å². The number of nitrogens with one attached hydrogen (secondary N) is 2. The van der Waals surface area contributed by atoms with E-state index in [2.05, 4.69) is 20.8 Å². The number of ether oxygens (including phenoxy) is 1. The van der Waals surface area contributed by atoms with Crippen molar-refractivity contribution in [1.82, 2.24) is 10.2 Å². The first kappa shape index (κ1) is 18.6. The van der Waals surface area contributed by atoms with Crippen LogP contribution in [0.5, 0.6) is 0 Å². The van der Waals surface area contributed by atoms with E-state index in [0.717, 1.165) is 0 Å². The van der Waals surface area contributed by atoms with Gasteiger partial charge in [-0.3, -0.25) is 4.79 Å². The van der Waals surface area contributed by atoms with Crippen molar-refractivity contribution in [3.63, 3.8) is 0 Å². The van der Waals surface area contributed by atoms with Crippen LogP contribution < -0.4 is 10.6 Å². The zero-order valence-electron chi connectivity index (χ0n) is 13.6. The number of anilines is 2. The lowest BCUT2D eigenvalue weighted by Gasteiger charge is -2.10. The number of aryl methyl sites for hydroxylation is 1. The summed E-state index contributed by atoms with van der Waals surface area (Å²) in [5, 5.41) is 14.1. The van der Waals surface area contributed by atoms with Gasteiger partial charge in [0.25, 0.3) is 0 Å². The first-order valence-corrected chi connectivity index (χ1v) is 8.99. The van der Waals surface area contributed by atoms with E-state index < -0.39 is 0 Å². The highest BCUT2D eigenvalue weighted by Crippen LogP contribution is 2.29. The number of halogens is 1. The van der Waals surface area contributed by atoms with Crippen LogP contribution in [0.1, 0.15) is 12.5 Å². The van der Waals surface area contributed by atoms with Crippen LogP contribution in [-0.4, -0.2) is 41.6 Å². The Hall–Kier alpha value is -1.71. The van der Waals surface area contributed by atoms with E-state index in [0.29, 0.717) is 33.9 Å². The van der Waals surface area contributed by atoms with E-state index in [1.807, 2.05) is 0 Å². The van der Waals surface area contributed by atoms with Crippen molar-refractivity contribution >= 4 is 39.8 Å². The Kier molecular flexibility index (Phi) is 6.95. The first-order chi connectivity index (χ1) is 11.5. The molecule has 2 aromatic rings. The second-order valence-electron chi connectivity index (χ2n) is 5.01. The Bertz CT molecular complexity index is 696. The zero-order chi connectivity index (χ0) is 17.5. The summed E-state index contributed by atoms with van der Waals surface area (Å²) in [7, 11) is 1.63. The van der Waals surface area contributed by atoms with Gasteiger partial charge in [-0.15, -0.1) is 10.2 Å². The van der Waals surface area contributed by atoms with Crippen LogP contribution in [0.15, 0.2) is 22.5 Å². The second-order valence-corrected chi connectivity index (χ2v) is 7.57. The third-order valence-electron chi connectivity index (χ3n) is 3.08. The summed E-state index contributed by atoms with van der Waals surface area (Å²) in [5.41, 5.74) is 0.979. The molecule has 0 spiro atoms. The quantitative estimate of drug-likeness (QED) is 0.549. The lowest BCUT2D eigenvalue weighted by molar-refractivity contribution is -0.115. The minimum absolute atomic E-state index is 0.215. The van der Waals surface area contributed by atoms with E-state index in [1.165, 1.54) is 29.2 Å². The Morgan fingerprint density at radius 3 is 2.96 bits per heavy atom. The average Bonchev–Trinajstić information content (AvgIpc) is 2.98. The first-order valence-electron chi connectivity index (χ1n) is 7.29. The molecule has 1 aromatic heterocycles. The second kappa shape index (κ2) is 8.95. The lowest BCUT2D eigenvalue weighted by Crippen LogP contribution is -2.22. The normalized spacial score (nSPS) is 12.0. The fraction of sp³-hybridized carbons (Fsp3) is 0.400. The molecular weight excluding hydrogens is 351 g/mol. The molecular formula is C15H19FN4O2S2. The predicted molar refractivity (Wildman–Crippen MR) is 95.4 cm³/mol. The average molecular weight is 370 g/mol. The van der Waals surface area contributed by atoms with E-state index in [4.69, 9.17) is 4.74 Å². The molecule has 9 heteroatoms. The molecule has 0 fully saturated rings. The van der Waals surface area contributed by atoms with Crippen molar-refractivity contribution in [1.29, 1.82) is 0 Å². The van der Waals surface area contributed by atoms with Gasteiger partial charge in [0.05, 0.1) is 11.9 Å². The Balaban J connectivity index is 1.88. The SMILES string of the molecule is COCCNc1nnc(S[C@@H](C)C(=O)Nc2ccc(C)c(F)c2)s1. The summed E-state index contributed by atoms with van der Waals surface area (Å²) in [6.07, 6.45) is 0. The minimum atomic E-state index is -0.380. The summed E-state index contributed by atoms with van der Waals surface area (Å²) in [5.74, 6) is -0.559. The largest absolute Gasteiger partial charge is 0.383 e. The number of thioether (sulfide) groups is 1. The molecule has 2 N–H and O–H groups in total. The number of benzene rings is 1. The van der Waals surface area contributed by atoms with E-state index in [1.54, 1.807) is 33.1 Å². The molecule has 0 bridgehead atoms. The third kappa shape index (κ3) is 5.43. The molecule has 0 saturated carbocycles. The fourth-order valence-corrected chi connectivity index (χ4v) is 3.63. The summed E-state index contributed by atoms with van der Waals surface area (Å²) in [4.78, 5) is 12.2. The van der Waals surface area contributed by atoms with Crippen molar-refractivity contribution in [3.05, 3.63) is 29.6 Å². The van der Waals surface area contributed by atoms with Crippen molar-refractivity contribution in [3.8, 4) is 0 Å². The monoisotopic (exact) mass is 370 g/mol. The third-order valence-corrected chi connectivity index (χ3v) is 5.14. The molecule has 0 aliphatic rings. The van der Waals surface area contributed by atoms with Gasteiger partial charge in [0.2, 0.25) is 11.0 Å². The van der Waals surface area contributed by atoms with Crippen LogP contribution in [0.25, 0.3) is 0 Å². The zero-order valence-corrected chi connectivity index (χ0v) is 15.3. The number of hydrogen-bond acceptors (Lipinski definition) is 7. The molecule has 1 heterocycles. The minimum Gasteiger partial charge on any atom is -0.383 e. The number of amides is 1. The molecule has 1 amide bonds. The molecule has 2 rings (SSSR count). The molecule has 130 valence electrons. The Morgan fingerprint density at radius 2 is 2.25 bits per heavy atom. The van der Waals surface area contributed by atoms with Crippen molar-refractivity contribution < 1.29 is 13.9 Å². The highest BCUT2D eigenvalue weighted by molar-refractivity contribution is 8.02. The van der Waals surface area contributed by atoms with Crippen LogP contribution in [0, 0.1) is 12.7 Å². The van der Waals surface area contributed by atoms with Gasteiger partial charge in [0.15, 0.2) is 4.34 Å². The van der Waals surface area contributed by atoms with Crippen LogP contribution in [0.2, 0.25) is 0 Å². The maximum Gasteiger partial charge on any atom is 0.237 e. The Labute approximate surface area is 148 Å². The van der Waals surface area contributed by atoms with Gasteiger partial charge in [-0.1, -0.05) is 29.2 Å². The topological polar surface area (TPSA) is 76.1 Å². The molecule has 0 aliphatic heterocycles. The number of carbonyl (C=O) groups is 1. The number of aromatic nitrogens is 2. The number of hydrogen-bond donors (Lipinski definition) is 2. The summed E-state index contributed by atoms with van der Waals surface area (Å²) in [6.45, 7) is 4.66. The maximum absolute atomic E-state index is 13.5. The van der Waals surface area contributed by atoms with E-state index in [9.17, 15) is 9.18 Å². The molecule has 0 saturated heterocycles. The summed E-state index contributed by atoms with van der Waals surface area (Å²) >= 11 is 2.68. The highest BCUT2D eigenvalue weighted by Gasteiger charge is 2.17. The maximum atomic E-state index is 13.5. The van der Waals surface area contributed by atoms with Gasteiger partial charge in [0, 0.05) is 19.3 Å². The lowest BCUT2D eigenvalue weighted by atomic mass is 10.2. The van der Waals surface area contributed by atoms with Gasteiger partial charge in [-0.2, -0.15) is 0 Å². The molecule has 0 radical (unpaired) electrons. The number of rotatable bonds is 8. The van der Waals surface area contributed by atoms with Gasteiger partial charge in [-0.05, 0) is 31.5 Å². The molecule has 0 aliphatic carbocycles. The molecule has 6 nitrogen and oxygen atoms in total. The number of nitrogens with zero attached hydrogens (tertiary/aromatic N) is 2. The van der Waals surface area contributed by atoms with Crippen molar-refractivity contribution in [2.75, 3.05) is 30.9 Å². The molecule has 24 heavy (non-hydrogen) atoms. The predicted octanol–water partition coefficient (Wildman–Crippen LogP) is 3.16. The van der Waals surface area contributed by atoms with E-state index in [-0.39, 0.29) is 17.0 Å². The van der Waals surface area contributed by atoms with Crippen LogP contribution in [0.4, 0.5) is 15.2 Å². The van der Waals surface area contributed by atoms with Crippen LogP contribution in [0.3, 0.4) is 0 Å². The fourth-order valence-electron chi connectivity index (χ4n) is 1.71. The molecule has 1 atom stereocenters. The molecule has 0 unspecified atom stereocenters.